The van der Waals surface area contributed by atoms with Gasteiger partial charge < -0.3 is 20.4 Å². The van der Waals surface area contributed by atoms with Crippen LogP contribution in [0.15, 0.2) is 60.9 Å². The Morgan fingerprint density at radius 3 is 2.68 bits per heavy atom. The van der Waals surface area contributed by atoms with Crippen molar-refractivity contribution in [2.24, 2.45) is 0 Å². The van der Waals surface area contributed by atoms with Gasteiger partial charge in [0.2, 0.25) is 0 Å². The third-order valence-corrected chi connectivity index (χ3v) is 4.77. The Kier molecular flexibility index (Phi) is 5.10. The molecule has 28 heavy (non-hydrogen) atoms. The lowest BCUT2D eigenvalue weighted by Crippen LogP contribution is -2.04. The zero-order valence-corrected chi connectivity index (χ0v) is 16.0. The smallest absolute Gasteiger partial charge is 0.126 e. The minimum Gasteiger partial charge on any atom is -0.496 e. The number of ether oxygens (including phenoxy) is 1. The number of para-hydroxylation sites is 1. The number of aromatic nitrogens is 3. The number of pyridine rings is 1. The Morgan fingerprint density at radius 1 is 0.964 bits per heavy atom. The Balaban J connectivity index is 1.50. The monoisotopic (exact) mass is 373 g/mol. The molecule has 0 fully saturated rings. The zero-order chi connectivity index (χ0) is 19.3. The number of fused-ring (bicyclic) bond motifs is 1. The van der Waals surface area contributed by atoms with Gasteiger partial charge in [-0.1, -0.05) is 24.3 Å². The molecule has 2 aromatic heterocycles. The molecule has 0 aliphatic carbocycles. The highest BCUT2D eigenvalue weighted by atomic mass is 16.5. The Bertz CT molecular complexity index is 1090. The van der Waals surface area contributed by atoms with Crippen molar-refractivity contribution < 1.29 is 4.74 Å². The van der Waals surface area contributed by atoms with E-state index in [1.165, 1.54) is 0 Å². The SMILES string of the molecule is COc1ccccc1CNc1ccc2c(NCc3[nH]cnc3C)cccc2n1. The summed E-state index contributed by atoms with van der Waals surface area (Å²) >= 11 is 0. The molecule has 6 heteroatoms. The second kappa shape index (κ2) is 8.00. The number of aromatic amines is 1. The minimum atomic E-state index is 0.652. The molecule has 142 valence electrons. The summed E-state index contributed by atoms with van der Waals surface area (Å²) in [5.41, 5.74) is 5.18. The van der Waals surface area contributed by atoms with Gasteiger partial charge in [0.05, 0.1) is 36.9 Å². The molecule has 2 heterocycles. The third kappa shape index (κ3) is 3.76. The van der Waals surface area contributed by atoms with Gasteiger partial charge in [-0.05, 0) is 37.3 Å². The van der Waals surface area contributed by atoms with Crippen LogP contribution in [0.2, 0.25) is 0 Å². The van der Waals surface area contributed by atoms with Crippen LogP contribution in [0.1, 0.15) is 17.0 Å². The number of nitrogens with one attached hydrogen (secondary N) is 3. The Hall–Kier alpha value is -3.54. The number of benzene rings is 2. The number of rotatable bonds is 7. The summed E-state index contributed by atoms with van der Waals surface area (Å²) in [4.78, 5) is 12.2. The molecule has 6 nitrogen and oxygen atoms in total. The number of methoxy groups -OCH3 is 1. The van der Waals surface area contributed by atoms with E-state index in [0.29, 0.717) is 13.1 Å². The van der Waals surface area contributed by atoms with Crippen LogP contribution in [0.25, 0.3) is 10.9 Å². The zero-order valence-electron chi connectivity index (χ0n) is 16.0. The summed E-state index contributed by atoms with van der Waals surface area (Å²) in [7, 11) is 1.69. The van der Waals surface area contributed by atoms with Crippen molar-refractivity contribution in [2.75, 3.05) is 17.7 Å². The fraction of sp³-hybridized carbons (Fsp3) is 0.182. The first kappa shape index (κ1) is 17.9. The van der Waals surface area contributed by atoms with E-state index in [0.717, 1.165) is 45.1 Å². The number of aryl methyl sites for hydroxylation is 1. The van der Waals surface area contributed by atoms with Crippen LogP contribution in [-0.4, -0.2) is 22.1 Å². The second-order valence-corrected chi connectivity index (χ2v) is 6.55. The largest absolute Gasteiger partial charge is 0.496 e. The number of hydrogen-bond donors (Lipinski definition) is 3. The highest BCUT2D eigenvalue weighted by molar-refractivity contribution is 5.92. The topological polar surface area (TPSA) is 74.9 Å². The molecule has 3 N–H and O–H groups in total. The summed E-state index contributed by atoms with van der Waals surface area (Å²) < 4.78 is 5.41. The van der Waals surface area contributed by atoms with Gasteiger partial charge in [0.25, 0.3) is 0 Å². The molecule has 2 aromatic carbocycles. The Morgan fingerprint density at radius 2 is 1.86 bits per heavy atom. The van der Waals surface area contributed by atoms with Gasteiger partial charge in [-0.2, -0.15) is 0 Å². The fourth-order valence-electron chi connectivity index (χ4n) is 3.19. The van der Waals surface area contributed by atoms with E-state index in [4.69, 9.17) is 9.72 Å². The van der Waals surface area contributed by atoms with E-state index in [9.17, 15) is 0 Å². The van der Waals surface area contributed by atoms with E-state index in [2.05, 4.69) is 32.7 Å². The maximum atomic E-state index is 5.41. The normalized spacial score (nSPS) is 10.8. The minimum absolute atomic E-state index is 0.652. The first-order valence-corrected chi connectivity index (χ1v) is 9.23. The quantitative estimate of drug-likeness (QED) is 0.445. The summed E-state index contributed by atoms with van der Waals surface area (Å²) in [6.45, 7) is 3.34. The second-order valence-electron chi connectivity index (χ2n) is 6.55. The predicted octanol–water partition coefficient (Wildman–Crippen LogP) is 4.50. The first-order chi connectivity index (χ1) is 13.7. The number of nitrogens with zero attached hydrogens (tertiary/aromatic N) is 2. The molecule has 0 bridgehead atoms. The molecule has 0 atom stereocenters. The van der Waals surface area contributed by atoms with Gasteiger partial charge in [-0.3, -0.25) is 0 Å². The van der Waals surface area contributed by atoms with Crippen LogP contribution in [0.5, 0.6) is 5.75 Å². The average molecular weight is 373 g/mol. The van der Waals surface area contributed by atoms with Crippen LogP contribution in [0.3, 0.4) is 0 Å². The van der Waals surface area contributed by atoms with Crippen LogP contribution < -0.4 is 15.4 Å². The van der Waals surface area contributed by atoms with Gasteiger partial charge in [-0.25, -0.2) is 9.97 Å². The summed E-state index contributed by atoms with van der Waals surface area (Å²) in [6.07, 6.45) is 1.72. The van der Waals surface area contributed by atoms with Crippen molar-refractivity contribution in [1.82, 2.24) is 15.0 Å². The first-order valence-electron chi connectivity index (χ1n) is 9.23. The highest BCUT2D eigenvalue weighted by Crippen LogP contribution is 2.25. The van der Waals surface area contributed by atoms with E-state index >= 15 is 0 Å². The fourth-order valence-corrected chi connectivity index (χ4v) is 3.19. The Labute approximate surface area is 164 Å². The van der Waals surface area contributed by atoms with Crippen molar-refractivity contribution in [3.63, 3.8) is 0 Å². The van der Waals surface area contributed by atoms with E-state index in [1.807, 2.05) is 49.4 Å². The van der Waals surface area contributed by atoms with E-state index < -0.39 is 0 Å². The molecule has 0 amide bonds. The lowest BCUT2D eigenvalue weighted by Gasteiger charge is -2.12. The van der Waals surface area contributed by atoms with Gasteiger partial charge in [0.15, 0.2) is 0 Å². The molecular weight excluding hydrogens is 350 g/mol. The van der Waals surface area contributed by atoms with E-state index in [-0.39, 0.29) is 0 Å². The lowest BCUT2D eigenvalue weighted by molar-refractivity contribution is 0.410. The lowest BCUT2D eigenvalue weighted by atomic mass is 10.1. The van der Waals surface area contributed by atoms with Crippen molar-refractivity contribution in [3.8, 4) is 5.75 Å². The number of imidazole rings is 1. The molecule has 0 aliphatic rings. The standard InChI is InChI=1S/C22H23N5O/c1-15-20(26-14-25-15)13-23-18-7-5-8-19-17(18)10-11-22(27-19)24-12-16-6-3-4-9-21(16)28-2/h3-11,14,23H,12-13H2,1-2H3,(H,24,27)(H,25,26). The van der Waals surface area contributed by atoms with Gasteiger partial charge in [0, 0.05) is 23.2 Å². The van der Waals surface area contributed by atoms with E-state index in [1.54, 1.807) is 13.4 Å². The molecule has 0 radical (unpaired) electrons. The number of hydrogen-bond acceptors (Lipinski definition) is 5. The molecule has 0 saturated heterocycles. The molecule has 0 spiro atoms. The van der Waals surface area contributed by atoms with Crippen molar-refractivity contribution in [3.05, 3.63) is 77.9 Å². The van der Waals surface area contributed by atoms with Gasteiger partial charge >= 0.3 is 0 Å². The number of anilines is 2. The maximum Gasteiger partial charge on any atom is 0.126 e. The van der Waals surface area contributed by atoms with Crippen molar-refractivity contribution in [1.29, 1.82) is 0 Å². The summed E-state index contributed by atoms with van der Waals surface area (Å²) in [6, 6.07) is 18.2. The van der Waals surface area contributed by atoms with Gasteiger partial charge in [0.1, 0.15) is 11.6 Å². The molecule has 4 aromatic rings. The molecule has 4 rings (SSSR count). The van der Waals surface area contributed by atoms with Crippen molar-refractivity contribution >= 4 is 22.4 Å². The third-order valence-electron chi connectivity index (χ3n) is 4.77. The molecule has 0 saturated carbocycles. The summed E-state index contributed by atoms with van der Waals surface area (Å²) in [5.74, 6) is 1.70. The highest BCUT2D eigenvalue weighted by Gasteiger charge is 2.06. The maximum absolute atomic E-state index is 5.41. The van der Waals surface area contributed by atoms with Crippen LogP contribution in [-0.2, 0) is 13.1 Å². The van der Waals surface area contributed by atoms with Crippen LogP contribution in [0.4, 0.5) is 11.5 Å². The van der Waals surface area contributed by atoms with Crippen LogP contribution in [0, 0.1) is 6.92 Å². The van der Waals surface area contributed by atoms with Crippen LogP contribution >= 0.6 is 0 Å². The predicted molar refractivity (Wildman–Crippen MR) is 113 cm³/mol. The average Bonchev–Trinajstić information content (AvgIpc) is 3.15. The summed E-state index contributed by atoms with van der Waals surface area (Å²) in [5, 5.41) is 7.95. The van der Waals surface area contributed by atoms with Gasteiger partial charge in [-0.15, -0.1) is 0 Å². The molecule has 0 aliphatic heterocycles. The molecular formula is C22H23N5O. The van der Waals surface area contributed by atoms with Crippen molar-refractivity contribution in [2.45, 2.75) is 20.0 Å². The molecule has 0 unspecified atom stereocenters. The number of H-pyrrole nitrogens is 1.